The van der Waals surface area contributed by atoms with E-state index in [4.69, 9.17) is 14.5 Å². The zero-order valence-corrected chi connectivity index (χ0v) is 35.9. The molecule has 2 aromatic heterocycles. The van der Waals surface area contributed by atoms with E-state index in [9.17, 15) is 19.2 Å². The van der Waals surface area contributed by atoms with E-state index >= 15 is 4.39 Å². The van der Waals surface area contributed by atoms with E-state index < -0.39 is 30.1 Å². The normalized spacial score (nSPS) is 23.3. The Morgan fingerprint density at radius 3 is 2.11 bits per heavy atom. The fourth-order valence-corrected chi connectivity index (χ4v) is 9.90. The fraction of sp³-hybridized carbons (Fsp3) is 0.478. The third kappa shape index (κ3) is 7.56. The second kappa shape index (κ2) is 16.5. The van der Waals surface area contributed by atoms with E-state index in [2.05, 4.69) is 32.5 Å². The molecule has 8 atom stereocenters. The van der Waals surface area contributed by atoms with Gasteiger partial charge in [-0.3, -0.25) is 9.59 Å². The Kier molecular flexibility index (Phi) is 11.3. The molecule has 0 radical (unpaired) electrons. The first kappa shape index (κ1) is 41.7. The van der Waals surface area contributed by atoms with E-state index in [-0.39, 0.29) is 59.7 Å². The average Bonchev–Trinajstić information content (AvgIpc) is 4.10. The summed E-state index contributed by atoms with van der Waals surface area (Å²) in [4.78, 5) is 72.6. The van der Waals surface area contributed by atoms with Crippen LogP contribution in [0.2, 0.25) is 0 Å². The first-order valence-corrected chi connectivity index (χ1v) is 21.3. The number of hydrogen-bond acceptors (Lipinski definition) is 8. The zero-order chi connectivity index (χ0) is 43.4. The smallest absolute Gasteiger partial charge is 0.407 e. The van der Waals surface area contributed by atoms with Gasteiger partial charge >= 0.3 is 12.2 Å². The van der Waals surface area contributed by atoms with Crippen molar-refractivity contribution in [1.29, 1.82) is 0 Å². The number of ether oxygens (including phenoxy) is 2. The topological polar surface area (TPSA) is 175 Å². The molecule has 4 amide bonds. The highest BCUT2D eigenvalue weighted by molar-refractivity contribution is 6.05. The molecule has 322 valence electrons. The number of aromatic amines is 2. The van der Waals surface area contributed by atoms with Crippen LogP contribution in [0.4, 0.5) is 14.0 Å². The Morgan fingerprint density at radius 2 is 1.46 bits per heavy atom. The molecule has 3 aromatic carbocycles. The van der Waals surface area contributed by atoms with Crippen LogP contribution in [-0.2, 0) is 19.1 Å². The van der Waals surface area contributed by atoms with Crippen molar-refractivity contribution in [2.75, 3.05) is 14.2 Å². The number of hydrogen-bond donors (Lipinski definition) is 4. The molecule has 8 rings (SSSR count). The molecular weight excluding hydrogens is 780 g/mol. The van der Waals surface area contributed by atoms with Crippen LogP contribution in [0.15, 0.2) is 54.7 Å². The van der Waals surface area contributed by atoms with Gasteiger partial charge < -0.3 is 39.9 Å². The van der Waals surface area contributed by atoms with Gasteiger partial charge in [0.05, 0.1) is 49.2 Å². The van der Waals surface area contributed by atoms with Crippen LogP contribution < -0.4 is 10.6 Å². The summed E-state index contributed by atoms with van der Waals surface area (Å²) in [5.41, 5.74) is 4.05. The van der Waals surface area contributed by atoms with Crippen molar-refractivity contribution >= 4 is 45.8 Å². The standard InChI is InChI=1S/C46H55FN8O6/c1-22(2)37(52-45(58)60-7)43(56)54-25(6)24(5)17-36(54)41-49-34-16-12-28-18-26(10-14-31(28)39(34)51-41)27-11-15-32(33(47)20-27)35-21-48-42(50-35)40-29-9-13-30(19-29)55(40)44(57)38(23(3)4)53-46(59)61-8/h10-12,14-16,18,20-25,29-30,36-38,40H,9,13,17,19H2,1-8H3,(H,48,50)(H,49,51)(H,52,58)(H,53,59)/t24-,25-,29+,30-,36+,37+,38+,40+/m1/s1. The second-order valence-electron chi connectivity index (χ2n) is 17.7. The number of aromatic nitrogens is 4. The Hall–Kier alpha value is -5.99. The van der Waals surface area contributed by atoms with Crippen molar-refractivity contribution in [3.8, 4) is 22.4 Å². The molecule has 0 unspecified atom stereocenters. The van der Waals surface area contributed by atoms with Crippen LogP contribution in [-0.4, -0.2) is 92.1 Å². The van der Waals surface area contributed by atoms with Crippen LogP contribution in [0.5, 0.6) is 0 Å². The van der Waals surface area contributed by atoms with Gasteiger partial charge in [0, 0.05) is 23.0 Å². The number of piperidine rings is 1. The zero-order valence-electron chi connectivity index (χ0n) is 35.9. The Balaban J connectivity index is 1.03. The van der Waals surface area contributed by atoms with Gasteiger partial charge in [-0.15, -0.1) is 0 Å². The number of benzene rings is 3. The van der Waals surface area contributed by atoms with Crippen molar-refractivity contribution in [3.05, 3.63) is 72.2 Å². The molecule has 61 heavy (non-hydrogen) atoms. The summed E-state index contributed by atoms with van der Waals surface area (Å²) in [6.07, 6.45) is 3.74. The molecule has 5 aromatic rings. The molecule has 4 N–H and O–H groups in total. The number of nitrogens with zero attached hydrogens (tertiary/aromatic N) is 4. The quantitative estimate of drug-likeness (QED) is 0.109. The molecule has 15 heteroatoms. The van der Waals surface area contributed by atoms with E-state index in [1.165, 1.54) is 20.3 Å². The molecule has 0 spiro atoms. The molecule has 14 nitrogen and oxygen atoms in total. The van der Waals surface area contributed by atoms with Gasteiger partial charge in [-0.25, -0.2) is 23.9 Å². The lowest BCUT2D eigenvalue weighted by Crippen LogP contribution is -2.54. The number of nitrogens with one attached hydrogen (secondary N) is 4. The Bertz CT molecular complexity index is 2500. The minimum absolute atomic E-state index is 0.0444. The number of rotatable bonds is 10. The van der Waals surface area contributed by atoms with Crippen LogP contribution in [0.25, 0.3) is 44.2 Å². The van der Waals surface area contributed by atoms with E-state index in [0.717, 1.165) is 46.6 Å². The predicted molar refractivity (Wildman–Crippen MR) is 228 cm³/mol. The van der Waals surface area contributed by atoms with Gasteiger partial charge in [0.2, 0.25) is 11.8 Å². The lowest BCUT2D eigenvalue weighted by molar-refractivity contribution is -0.139. The number of imidazole rings is 2. The highest BCUT2D eigenvalue weighted by atomic mass is 19.1. The lowest BCUT2D eigenvalue weighted by Gasteiger charge is -2.37. The second-order valence-corrected chi connectivity index (χ2v) is 17.7. The largest absolute Gasteiger partial charge is 0.453 e. The number of alkyl carbamates (subject to hydrolysis) is 2. The van der Waals surface area contributed by atoms with E-state index in [1.807, 2.05) is 80.8 Å². The van der Waals surface area contributed by atoms with E-state index in [0.29, 0.717) is 34.9 Å². The first-order chi connectivity index (χ1) is 29.2. The van der Waals surface area contributed by atoms with E-state index in [1.54, 1.807) is 12.3 Å². The molecule has 2 bridgehead atoms. The Labute approximate surface area is 354 Å². The van der Waals surface area contributed by atoms with Gasteiger partial charge in [-0.05, 0) is 97.1 Å². The van der Waals surface area contributed by atoms with Crippen molar-refractivity contribution in [2.24, 2.45) is 23.7 Å². The van der Waals surface area contributed by atoms with Gasteiger partial charge in [0.25, 0.3) is 0 Å². The molecule has 3 fully saturated rings. The summed E-state index contributed by atoms with van der Waals surface area (Å²) in [7, 11) is 2.56. The van der Waals surface area contributed by atoms with Crippen LogP contribution >= 0.6 is 0 Å². The van der Waals surface area contributed by atoms with Gasteiger partial charge in [0.15, 0.2) is 0 Å². The number of H-pyrrole nitrogens is 2. The summed E-state index contributed by atoms with van der Waals surface area (Å²) < 4.78 is 25.7. The highest BCUT2D eigenvalue weighted by Crippen LogP contribution is 2.50. The molecule has 2 aliphatic heterocycles. The third-order valence-electron chi connectivity index (χ3n) is 13.3. The minimum atomic E-state index is -0.751. The van der Waals surface area contributed by atoms with Gasteiger partial charge in [-0.1, -0.05) is 58.9 Å². The van der Waals surface area contributed by atoms with Gasteiger partial charge in [0.1, 0.15) is 29.5 Å². The third-order valence-corrected chi connectivity index (χ3v) is 13.3. The van der Waals surface area contributed by atoms with Crippen LogP contribution in [0, 0.1) is 29.5 Å². The maximum Gasteiger partial charge on any atom is 0.407 e. The lowest BCUT2D eigenvalue weighted by atomic mass is 9.95. The summed E-state index contributed by atoms with van der Waals surface area (Å²) in [5, 5.41) is 7.34. The van der Waals surface area contributed by atoms with Gasteiger partial charge in [-0.2, -0.15) is 0 Å². The fourth-order valence-electron chi connectivity index (χ4n) is 9.90. The number of likely N-dealkylation sites (tertiary alicyclic amines) is 2. The molecule has 1 aliphatic carbocycles. The molecule has 1 saturated carbocycles. The molecule has 2 saturated heterocycles. The summed E-state index contributed by atoms with van der Waals surface area (Å²) in [6.45, 7) is 11.7. The minimum Gasteiger partial charge on any atom is -0.453 e. The molecule has 4 heterocycles. The predicted octanol–water partition coefficient (Wildman–Crippen LogP) is 8.02. The number of carbonyl (C=O) groups excluding carboxylic acids is 4. The van der Waals surface area contributed by atoms with Crippen LogP contribution in [0.3, 0.4) is 0 Å². The number of carbonyl (C=O) groups is 4. The van der Waals surface area contributed by atoms with Crippen molar-refractivity contribution < 1.29 is 33.0 Å². The summed E-state index contributed by atoms with van der Waals surface area (Å²) >= 11 is 0. The Morgan fingerprint density at radius 1 is 0.803 bits per heavy atom. The maximum absolute atomic E-state index is 16.1. The number of methoxy groups -OCH3 is 2. The summed E-state index contributed by atoms with van der Waals surface area (Å²) in [6, 6.07) is 13.0. The first-order valence-electron chi connectivity index (χ1n) is 21.3. The van der Waals surface area contributed by atoms with Crippen molar-refractivity contribution in [2.45, 2.75) is 103 Å². The number of amides is 4. The highest BCUT2D eigenvalue weighted by Gasteiger charge is 2.51. The SMILES string of the molecule is COC(=O)N[C@H](C(=O)N1[C@@H]2CC[C@@H](C2)[C@H]1c1ncc(-c2ccc(-c3ccc4c(ccc5nc([C@@H]6C[C@@H](C)[C@@H](C)N6C(=O)[C@@H](NC(=O)OC)C(C)C)[nH]c54)c3)cc2F)[nH]1)C(C)C. The number of fused-ring (bicyclic) bond motifs is 5. The van der Waals surface area contributed by atoms with Crippen molar-refractivity contribution in [3.63, 3.8) is 0 Å². The summed E-state index contributed by atoms with van der Waals surface area (Å²) in [5.74, 6) is 0.644. The van der Waals surface area contributed by atoms with Crippen LogP contribution in [0.1, 0.15) is 91.0 Å². The molecular formula is C46H55FN8O6. The van der Waals surface area contributed by atoms with Crippen molar-refractivity contribution in [1.82, 2.24) is 40.4 Å². The average molecular weight is 835 g/mol. The monoisotopic (exact) mass is 834 g/mol. The maximum atomic E-state index is 16.1. The molecule has 3 aliphatic rings. The number of halogens is 1.